The zero-order valence-corrected chi connectivity index (χ0v) is 12.4. The molecule has 0 bridgehead atoms. The fourth-order valence-electron chi connectivity index (χ4n) is 2.50. The second-order valence-corrected chi connectivity index (χ2v) is 5.79. The molecule has 0 aliphatic carbocycles. The Labute approximate surface area is 120 Å². The van der Waals surface area contributed by atoms with E-state index in [-0.39, 0.29) is 11.7 Å². The number of carbonyl (C=O) groups is 1. The summed E-state index contributed by atoms with van der Waals surface area (Å²) in [6.07, 6.45) is 0.833. The molecule has 1 atom stereocenters. The van der Waals surface area contributed by atoms with Gasteiger partial charge in [0.25, 0.3) is 0 Å². The van der Waals surface area contributed by atoms with Gasteiger partial charge in [-0.1, -0.05) is 19.9 Å². The number of Topliss-reactive ketones (excluding diaryl/α,β-unsaturated/α-hetero) is 1. The van der Waals surface area contributed by atoms with Gasteiger partial charge in [0.1, 0.15) is 0 Å². The Morgan fingerprint density at radius 2 is 2.00 bits per heavy atom. The molecule has 0 saturated heterocycles. The number of fused-ring (bicyclic) bond motifs is 1. The number of ketones is 1. The Morgan fingerprint density at radius 3 is 2.65 bits per heavy atom. The highest BCUT2D eigenvalue weighted by molar-refractivity contribution is 6.00. The van der Waals surface area contributed by atoms with E-state index in [4.69, 9.17) is 5.73 Å². The van der Waals surface area contributed by atoms with Gasteiger partial charge in [0, 0.05) is 29.1 Å². The van der Waals surface area contributed by atoms with Crippen LogP contribution in [-0.4, -0.2) is 17.3 Å². The fourth-order valence-corrected chi connectivity index (χ4v) is 2.50. The number of nitrogens with zero attached hydrogens (tertiary/aromatic N) is 1. The van der Waals surface area contributed by atoms with E-state index in [1.54, 1.807) is 0 Å². The molecule has 106 valence electrons. The van der Waals surface area contributed by atoms with E-state index < -0.39 is 0 Å². The van der Waals surface area contributed by atoms with Crippen LogP contribution in [0.1, 0.15) is 36.3 Å². The monoisotopic (exact) mass is 270 g/mol. The highest BCUT2D eigenvalue weighted by Crippen LogP contribution is 2.20. The molecule has 3 nitrogen and oxygen atoms in total. The number of hydrogen-bond acceptors (Lipinski definition) is 3. The smallest absolute Gasteiger partial charge is 0.167 e. The van der Waals surface area contributed by atoms with Gasteiger partial charge in [0.2, 0.25) is 0 Å². The summed E-state index contributed by atoms with van der Waals surface area (Å²) in [4.78, 5) is 17.0. The molecule has 0 radical (unpaired) electrons. The first-order valence-electron chi connectivity index (χ1n) is 7.13. The summed E-state index contributed by atoms with van der Waals surface area (Å²) in [5, 5.41) is 1.00. The molecule has 1 heterocycles. The molecular weight excluding hydrogens is 248 g/mol. The summed E-state index contributed by atoms with van der Waals surface area (Å²) in [6, 6.07) is 9.67. The molecule has 0 spiro atoms. The Bertz CT molecular complexity index is 619. The van der Waals surface area contributed by atoms with Crippen molar-refractivity contribution in [3.05, 3.63) is 41.6 Å². The highest BCUT2D eigenvalue weighted by Gasteiger charge is 2.20. The molecule has 3 heteroatoms. The quantitative estimate of drug-likeness (QED) is 0.848. The number of aryl methyl sites for hydroxylation is 1. The topological polar surface area (TPSA) is 56.0 Å². The van der Waals surface area contributed by atoms with Crippen molar-refractivity contribution in [2.24, 2.45) is 17.6 Å². The van der Waals surface area contributed by atoms with Gasteiger partial charge in [-0.3, -0.25) is 9.78 Å². The zero-order valence-electron chi connectivity index (χ0n) is 12.4. The van der Waals surface area contributed by atoms with Crippen LogP contribution in [0.2, 0.25) is 0 Å². The number of carbonyl (C=O) groups excluding carboxylic acids is 1. The van der Waals surface area contributed by atoms with Crippen LogP contribution in [0, 0.1) is 18.8 Å². The number of aromatic nitrogens is 1. The van der Waals surface area contributed by atoms with Crippen molar-refractivity contribution in [1.82, 2.24) is 4.98 Å². The summed E-state index contributed by atoms with van der Waals surface area (Å²) in [7, 11) is 0. The maximum atomic E-state index is 12.5. The molecule has 2 rings (SSSR count). The molecular formula is C17H22N2O. The van der Waals surface area contributed by atoms with Crippen LogP contribution in [0.4, 0.5) is 0 Å². The van der Waals surface area contributed by atoms with Gasteiger partial charge >= 0.3 is 0 Å². The average Bonchev–Trinajstić information content (AvgIpc) is 2.43. The third-order valence-electron chi connectivity index (χ3n) is 3.52. The summed E-state index contributed by atoms with van der Waals surface area (Å²) in [5.41, 5.74) is 8.40. The molecule has 0 aliphatic rings. The van der Waals surface area contributed by atoms with Gasteiger partial charge in [-0.05, 0) is 43.5 Å². The second-order valence-electron chi connectivity index (χ2n) is 5.79. The molecule has 1 aromatic carbocycles. The molecule has 0 saturated carbocycles. The summed E-state index contributed by atoms with van der Waals surface area (Å²) in [6.45, 7) is 6.60. The van der Waals surface area contributed by atoms with Crippen LogP contribution in [0.25, 0.3) is 10.9 Å². The van der Waals surface area contributed by atoms with E-state index in [0.717, 1.165) is 28.6 Å². The molecule has 20 heavy (non-hydrogen) atoms. The van der Waals surface area contributed by atoms with Crippen molar-refractivity contribution >= 4 is 16.7 Å². The van der Waals surface area contributed by atoms with Crippen molar-refractivity contribution in [2.45, 2.75) is 27.2 Å². The lowest BCUT2D eigenvalue weighted by molar-refractivity contribution is 0.0909. The standard InChI is InChI=1S/C17H22N2O/c1-11(2)8-15(10-18)17(20)14-6-7-16-13(9-14)5-4-12(3)19-16/h4-7,9,11,15H,8,10,18H2,1-3H3. The molecule has 0 fully saturated rings. The zero-order chi connectivity index (χ0) is 14.7. The Balaban J connectivity index is 2.32. The predicted molar refractivity (Wildman–Crippen MR) is 82.8 cm³/mol. The van der Waals surface area contributed by atoms with Crippen LogP contribution in [-0.2, 0) is 0 Å². The molecule has 2 aromatic rings. The van der Waals surface area contributed by atoms with Gasteiger partial charge in [-0.25, -0.2) is 0 Å². The van der Waals surface area contributed by atoms with Gasteiger partial charge in [0.05, 0.1) is 5.52 Å². The van der Waals surface area contributed by atoms with E-state index in [1.165, 1.54) is 0 Å². The van der Waals surface area contributed by atoms with Crippen molar-refractivity contribution in [1.29, 1.82) is 0 Å². The highest BCUT2D eigenvalue weighted by atomic mass is 16.1. The third-order valence-corrected chi connectivity index (χ3v) is 3.52. The third kappa shape index (κ3) is 3.23. The van der Waals surface area contributed by atoms with Gasteiger partial charge in [-0.15, -0.1) is 0 Å². The lowest BCUT2D eigenvalue weighted by atomic mass is 9.89. The molecule has 1 aromatic heterocycles. The van der Waals surface area contributed by atoms with Crippen LogP contribution in [0.3, 0.4) is 0 Å². The van der Waals surface area contributed by atoms with E-state index >= 15 is 0 Å². The minimum atomic E-state index is -0.0918. The molecule has 0 aliphatic heterocycles. The van der Waals surface area contributed by atoms with Gasteiger partial charge < -0.3 is 5.73 Å². The van der Waals surface area contributed by atoms with E-state index in [2.05, 4.69) is 18.8 Å². The molecule has 2 N–H and O–H groups in total. The van der Waals surface area contributed by atoms with E-state index in [0.29, 0.717) is 12.5 Å². The minimum absolute atomic E-state index is 0.0918. The average molecular weight is 270 g/mol. The fraction of sp³-hybridized carbons (Fsp3) is 0.412. The van der Waals surface area contributed by atoms with Crippen LogP contribution in [0.15, 0.2) is 30.3 Å². The van der Waals surface area contributed by atoms with E-state index in [9.17, 15) is 4.79 Å². The van der Waals surface area contributed by atoms with Crippen LogP contribution >= 0.6 is 0 Å². The predicted octanol–water partition coefficient (Wildman–Crippen LogP) is 3.35. The number of pyridine rings is 1. The van der Waals surface area contributed by atoms with Crippen LogP contribution < -0.4 is 5.73 Å². The van der Waals surface area contributed by atoms with Crippen molar-refractivity contribution in [3.63, 3.8) is 0 Å². The number of nitrogens with two attached hydrogens (primary N) is 1. The van der Waals surface area contributed by atoms with Gasteiger partial charge in [-0.2, -0.15) is 0 Å². The van der Waals surface area contributed by atoms with Crippen molar-refractivity contribution < 1.29 is 4.79 Å². The van der Waals surface area contributed by atoms with Crippen molar-refractivity contribution in [2.75, 3.05) is 6.54 Å². The summed E-state index contributed by atoms with van der Waals surface area (Å²) in [5.74, 6) is 0.520. The second kappa shape index (κ2) is 6.14. The number of hydrogen-bond donors (Lipinski definition) is 1. The maximum absolute atomic E-state index is 12.5. The lowest BCUT2D eigenvalue weighted by Gasteiger charge is -2.16. The Kier molecular flexibility index (Phi) is 4.50. The molecule has 1 unspecified atom stereocenters. The Morgan fingerprint density at radius 1 is 1.25 bits per heavy atom. The van der Waals surface area contributed by atoms with Crippen LogP contribution in [0.5, 0.6) is 0 Å². The number of rotatable bonds is 5. The summed E-state index contributed by atoms with van der Waals surface area (Å²) >= 11 is 0. The Hall–Kier alpha value is -1.74. The molecule has 0 amide bonds. The largest absolute Gasteiger partial charge is 0.330 e. The summed E-state index contributed by atoms with van der Waals surface area (Å²) < 4.78 is 0. The maximum Gasteiger partial charge on any atom is 0.167 e. The number of benzene rings is 1. The first kappa shape index (κ1) is 14.7. The SMILES string of the molecule is Cc1ccc2cc(C(=O)C(CN)CC(C)C)ccc2n1. The lowest BCUT2D eigenvalue weighted by Crippen LogP contribution is -2.25. The van der Waals surface area contributed by atoms with Crippen molar-refractivity contribution in [3.8, 4) is 0 Å². The van der Waals surface area contributed by atoms with Gasteiger partial charge in [0.15, 0.2) is 5.78 Å². The van der Waals surface area contributed by atoms with E-state index in [1.807, 2.05) is 37.3 Å². The first-order chi connectivity index (χ1) is 9.51. The minimum Gasteiger partial charge on any atom is -0.330 e. The first-order valence-corrected chi connectivity index (χ1v) is 7.13. The normalized spacial score (nSPS) is 12.8.